The molecule has 1 aromatic heterocycles. The molecule has 4 nitrogen and oxygen atoms in total. The third-order valence-corrected chi connectivity index (χ3v) is 3.33. The molecule has 1 atom stereocenters. The highest BCUT2D eigenvalue weighted by molar-refractivity contribution is 5.58. The summed E-state index contributed by atoms with van der Waals surface area (Å²) in [5, 5.41) is 6.49. The Morgan fingerprint density at radius 1 is 1.14 bits per heavy atom. The van der Waals surface area contributed by atoms with Crippen LogP contribution in [0, 0.1) is 19.7 Å². The van der Waals surface area contributed by atoms with Crippen LogP contribution in [0.15, 0.2) is 24.3 Å². The van der Waals surface area contributed by atoms with Crippen LogP contribution in [-0.4, -0.2) is 16.5 Å². The van der Waals surface area contributed by atoms with Crippen LogP contribution in [0.3, 0.4) is 0 Å². The molecule has 0 spiro atoms. The van der Waals surface area contributed by atoms with Crippen LogP contribution in [0.4, 0.5) is 16.0 Å². The Hall–Kier alpha value is -2.17. The zero-order chi connectivity index (χ0) is 15.4. The number of halogens is 1. The molecule has 0 saturated carbocycles. The number of aromatic nitrogens is 2. The van der Waals surface area contributed by atoms with Gasteiger partial charge in [0, 0.05) is 17.7 Å². The molecule has 2 N–H and O–H groups in total. The molecule has 0 amide bonds. The second kappa shape index (κ2) is 6.52. The maximum atomic E-state index is 13.8. The Morgan fingerprint density at radius 3 is 2.48 bits per heavy atom. The molecule has 5 heteroatoms. The van der Waals surface area contributed by atoms with Crippen molar-refractivity contribution in [2.45, 2.75) is 33.7 Å². The SMILES string of the molecule is CCNc1nc(C)nc(NC(C)c2ccccc2F)c1C. The summed E-state index contributed by atoms with van der Waals surface area (Å²) in [5.74, 6) is 2.01. The molecule has 0 radical (unpaired) electrons. The Labute approximate surface area is 124 Å². The smallest absolute Gasteiger partial charge is 0.135 e. The maximum absolute atomic E-state index is 13.8. The number of rotatable bonds is 5. The van der Waals surface area contributed by atoms with Gasteiger partial charge >= 0.3 is 0 Å². The van der Waals surface area contributed by atoms with Crippen molar-refractivity contribution in [1.29, 1.82) is 0 Å². The molecule has 1 aromatic carbocycles. The lowest BCUT2D eigenvalue weighted by Crippen LogP contribution is -2.13. The number of hydrogen-bond donors (Lipinski definition) is 2. The van der Waals surface area contributed by atoms with Gasteiger partial charge in [0.05, 0.1) is 6.04 Å². The van der Waals surface area contributed by atoms with Crippen molar-refractivity contribution in [2.24, 2.45) is 0 Å². The zero-order valence-corrected chi connectivity index (χ0v) is 12.9. The number of hydrogen-bond acceptors (Lipinski definition) is 4. The quantitative estimate of drug-likeness (QED) is 0.877. The van der Waals surface area contributed by atoms with Gasteiger partial charge in [-0.1, -0.05) is 18.2 Å². The highest BCUT2D eigenvalue weighted by Gasteiger charge is 2.14. The van der Waals surface area contributed by atoms with E-state index in [1.807, 2.05) is 33.8 Å². The van der Waals surface area contributed by atoms with Crippen LogP contribution < -0.4 is 10.6 Å². The predicted octanol–water partition coefficient (Wildman–Crippen LogP) is 3.84. The van der Waals surface area contributed by atoms with E-state index in [0.717, 1.165) is 23.7 Å². The second-order valence-electron chi connectivity index (χ2n) is 5.01. The van der Waals surface area contributed by atoms with Gasteiger partial charge in [0.15, 0.2) is 0 Å². The van der Waals surface area contributed by atoms with E-state index in [1.165, 1.54) is 6.07 Å². The number of aryl methyl sites for hydroxylation is 1. The summed E-state index contributed by atoms with van der Waals surface area (Å²) in [6, 6.07) is 6.60. The first-order valence-corrected chi connectivity index (χ1v) is 7.13. The summed E-state index contributed by atoms with van der Waals surface area (Å²) < 4.78 is 13.8. The van der Waals surface area contributed by atoms with E-state index in [9.17, 15) is 4.39 Å². The van der Waals surface area contributed by atoms with E-state index in [-0.39, 0.29) is 11.9 Å². The van der Waals surface area contributed by atoms with Gasteiger partial charge in [-0.05, 0) is 33.8 Å². The minimum absolute atomic E-state index is 0.173. The lowest BCUT2D eigenvalue weighted by Gasteiger charge is -2.19. The van der Waals surface area contributed by atoms with Gasteiger partial charge in [-0.25, -0.2) is 14.4 Å². The normalized spacial score (nSPS) is 12.0. The summed E-state index contributed by atoms with van der Waals surface area (Å²) in [6.07, 6.45) is 0. The molecule has 0 aliphatic heterocycles. The minimum atomic E-state index is -0.215. The average molecular weight is 288 g/mol. The highest BCUT2D eigenvalue weighted by Crippen LogP contribution is 2.25. The summed E-state index contributed by atoms with van der Waals surface area (Å²) in [7, 11) is 0. The van der Waals surface area contributed by atoms with E-state index in [1.54, 1.807) is 12.1 Å². The molecule has 0 aliphatic carbocycles. The molecule has 2 rings (SSSR count). The minimum Gasteiger partial charge on any atom is -0.370 e. The van der Waals surface area contributed by atoms with Crippen molar-refractivity contribution in [2.75, 3.05) is 17.2 Å². The van der Waals surface area contributed by atoms with Gasteiger partial charge in [-0.3, -0.25) is 0 Å². The molecule has 2 aromatic rings. The van der Waals surface area contributed by atoms with E-state index in [2.05, 4.69) is 20.6 Å². The molecule has 0 aliphatic rings. The molecule has 1 unspecified atom stereocenters. The maximum Gasteiger partial charge on any atom is 0.135 e. The third-order valence-electron chi connectivity index (χ3n) is 3.33. The van der Waals surface area contributed by atoms with E-state index in [0.29, 0.717) is 11.4 Å². The number of nitrogens with one attached hydrogen (secondary N) is 2. The van der Waals surface area contributed by atoms with Crippen LogP contribution in [0.2, 0.25) is 0 Å². The van der Waals surface area contributed by atoms with Crippen molar-refractivity contribution in [3.63, 3.8) is 0 Å². The fraction of sp³-hybridized carbons (Fsp3) is 0.375. The van der Waals surface area contributed by atoms with Crippen LogP contribution in [0.1, 0.15) is 36.8 Å². The lowest BCUT2D eigenvalue weighted by atomic mass is 10.1. The summed E-state index contributed by atoms with van der Waals surface area (Å²) >= 11 is 0. The topological polar surface area (TPSA) is 49.8 Å². The fourth-order valence-electron chi connectivity index (χ4n) is 2.22. The van der Waals surface area contributed by atoms with Gasteiger partial charge in [0.2, 0.25) is 0 Å². The van der Waals surface area contributed by atoms with Crippen molar-refractivity contribution in [3.8, 4) is 0 Å². The average Bonchev–Trinajstić information content (AvgIpc) is 2.44. The van der Waals surface area contributed by atoms with Crippen LogP contribution in [0.25, 0.3) is 0 Å². The van der Waals surface area contributed by atoms with E-state index in [4.69, 9.17) is 0 Å². The van der Waals surface area contributed by atoms with Gasteiger partial charge in [-0.2, -0.15) is 0 Å². The molecule has 21 heavy (non-hydrogen) atoms. The largest absolute Gasteiger partial charge is 0.370 e. The zero-order valence-electron chi connectivity index (χ0n) is 12.9. The first-order valence-electron chi connectivity index (χ1n) is 7.13. The number of anilines is 2. The molecule has 1 heterocycles. The van der Waals surface area contributed by atoms with Crippen molar-refractivity contribution in [3.05, 3.63) is 47.0 Å². The van der Waals surface area contributed by atoms with Gasteiger partial charge < -0.3 is 10.6 Å². The van der Waals surface area contributed by atoms with Crippen molar-refractivity contribution in [1.82, 2.24) is 9.97 Å². The Bertz CT molecular complexity index is 628. The molecular formula is C16H21FN4. The van der Waals surface area contributed by atoms with Crippen LogP contribution >= 0.6 is 0 Å². The molecule has 112 valence electrons. The van der Waals surface area contributed by atoms with Gasteiger partial charge in [0.1, 0.15) is 23.3 Å². The number of benzene rings is 1. The molecular weight excluding hydrogens is 267 g/mol. The van der Waals surface area contributed by atoms with E-state index < -0.39 is 0 Å². The molecule has 0 bridgehead atoms. The van der Waals surface area contributed by atoms with E-state index >= 15 is 0 Å². The predicted molar refractivity (Wildman–Crippen MR) is 84.1 cm³/mol. The van der Waals surface area contributed by atoms with Gasteiger partial charge in [-0.15, -0.1) is 0 Å². The fourth-order valence-corrected chi connectivity index (χ4v) is 2.22. The van der Waals surface area contributed by atoms with Gasteiger partial charge in [0.25, 0.3) is 0 Å². The highest BCUT2D eigenvalue weighted by atomic mass is 19.1. The second-order valence-corrected chi connectivity index (χ2v) is 5.01. The first kappa shape index (κ1) is 15.2. The summed E-state index contributed by atoms with van der Waals surface area (Å²) in [6.45, 7) is 8.53. The third kappa shape index (κ3) is 3.48. The van der Waals surface area contributed by atoms with Crippen molar-refractivity contribution >= 4 is 11.6 Å². The Morgan fingerprint density at radius 2 is 1.81 bits per heavy atom. The standard InChI is InChI=1S/C16H21FN4/c1-5-18-15-10(2)16(21-12(4)20-15)19-11(3)13-8-6-7-9-14(13)17/h6-9,11H,5H2,1-4H3,(H2,18,19,20,21). The monoisotopic (exact) mass is 288 g/mol. The van der Waals surface area contributed by atoms with Crippen LogP contribution in [-0.2, 0) is 0 Å². The first-order chi connectivity index (χ1) is 10.0. The number of nitrogens with zero attached hydrogens (tertiary/aromatic N) is 2. The summed E-state index contributed by atoms with van der Waals surface area (Å²) in [5.41, 5.74) is 1.56. The Kier molecular flexibility index (Phi) is 4.73. The summed E-state index contributed by atoms with van der Waals surface area (Å²) in [4.78, 5) is 8.81. The molecule has 0 saturated heterocycles. The van der Waals surface area contributed by atoms with Crippen molar-refractivity contribution < 1.29 is 4.39 Å². The molecule has 0 fully saturated rings. The Balaban J connectivity index is 2.29. The van der Waals surface area contributed by atoms with Crippen LogP contribution in [0.5, 0.6) is 0 Å². The lowest BCUT2D eigenvalue weighted by molar-refractivity contribution is 0.600.